The van der Waals surface area contributed by atoms with Gasteiger partial charge in [-0.1, -0.05) is 6.92 Å². The Morgan fingerprint density at radius 2 is 2.33 bits per heavy atom. The Bertz CT molecular complexity index is 418. The minimum Gasteiger partial charge on any atom is -0.334 e. The third kappa shape index (κ3) is 2.90. The molecule has 2 rings (SSSR count). The van der Waals surface area contributed by atoms with Gasteiger partial charge in [-0.25, -0.2) is 4.98 Å². The monoisotopic (exact) mass is 267 g/mol. The van der Waals surface area contributed by atoms with E-state index in [4.69, 9.17) is 5.73 Å². The predicted octanol–water partition coefficient (Wildman–Crippen LogP) is 1.90. The van der Waals surface area contributed by atoms with Crippen LogP contribution in [0, 0.1) is 5.92 Å². The van der Waals surface area contributed by atoms with Gasteiger partial charge in [0.2, 0.25) is 0 Å². The molecule has 0 aliphatic carbocycles. The fraction of sp³-hybridized carbons (Fsp3) is 0.692. The van der Waals surface area contributed by atoms with Gasteiger partial charge in [-0.3, -0.25) is 4.79 Å². The lowest BCUT2D eigenvalue weighted by Gasteiger charge is -2.36. The van der Waals surface area contributed by atoms with Crippen LogP contribution in [0.25, 0.3) is 0 Å². The zero-order chi connectivity index (χ0) is 13.1. The van der Waals surface area contributed by atoms with E-state index in [0.29, 0.717) is 24.2 Å². The fourth-order valence-corrected chi connectivity index (χ4v) is 3.15. The van der Waals surface area contributed by atoms with Crippen molar-refractivity contribution < 1.29 is 4.79 Å². The number of hydrogen-bond acceptors (Lipinski definition) is 4. The quantitative estimate of drug-likeness (QED) is 0.910. The van der Waals surface area contributed by atoms with E-state index in [-0.39, 0.29) is 5.91 Å². The number of nitrogens with two attached hydrogens (primary N) is 1. The molecule has 1 amide bonds. The second-order valence-corrected chi connectivity index (χ2v) is 6.10. The lowest BCUT2D eigenvalue weighted by atomic mass is 9.95. The van der Waals surface area contributed by atoms with E-state index < -0.39 is 0 Å². The number of amides is 1. The molecule has 1 aromatic rings. The molecule has 0 bridgehead atoms. The molecule has 2 N–H and O–H groups in total. The topological polar surface area (TPSA) is 59.2 Å². The summed E-state index contributed by atoms with van der Waals surface area (Å²) < 4.78 is 0. The van der Waals surface area contributed by atoms with Crippen molar-refractivity contribution in [3.8, 4) is 0 Å². The van der Waals surface area contributed by atoms with Gasteiger partial charge >= 0.3 is 0 Å². The molecule has 2 heterocycles. The second-order valence-electron chi connectivity index (χ2n) is 5.15. The molecular weight excluding hydrogens is 246 g/mol. The molecular formula is C13H21N3OS. The van der Waals surface area contributed by atoms with Crippen LogP contribution in [-0.4, -0.2) is 34.9 Å². The van der Waals surface area contributed by atoms with Crippen LogP contribution in [0.15, 0.2) is 5.38 Å². The van der Waals surface area contributed by atoms with Gasteiger partial charge in [0.05, 0.1) is 5.01 Å². The minimum atomic E-state index is 0.0774. The molecule has 0 radical (unpaired) electrons. The normalized spacial score (nSPS) is 24.3. The Labute approximate surface area is 112 Å². The maximum atomic E-state index is 12.4. The summed E-state index contributed by atoms with van der Waals surface area (Å²) in [7, 11) is 0. The van der Waals surface area contributed by atoms with E-state index in [1.807, 2.05) is 10.3 Å². The van der Waals surface area contributed by atoms with Gasteiger partial charge in [0.1, 0.15) is 5.69 Å². The average molecular weight is 267 g/mol. The molecule has 0 spiro atoms. The molecule has 0 aromatic carbocycles. The van der Waals surface area contributed by atoms with Crippen molar-refractivity contribution in [1.82, 2.24) is 9.88 Å². The fourth-order valence-electron chi connectivity index (χ4n) is 2.37. The minimum absolute atomic E-state index is 0.0774. The zero-order valence-electron chi connectivity index (χ0n) is 11.1. The number of piperidine rings is 1. The van der Waals surface area contributed by atoms with Crippen molar-refractivity contribution in [3.05, 3.63) is 16.1 Å². The first-order chi connectivity index (χ1) is 8.61. The Morgan fingerprint density at radius 3 is 3.06 bits per heavy atom. The molecule has 4 nitrogen and oxygen atoms in total. The Hall–Kier alpha value is -0.940. The van der Waals surface area contributed by atoms with Crippen molar-refractivity contribution in [2.75, 3.05) is 13.1 Å². The summed E-state index contributed by atoms with van der Waals surface area (Å²) in [5, 5.41) is 2.82. The van der Waals surface area contributed by atoms with E-state index in [9.17, 15) is 4.79 Å². The third-order valence-electron chi connectivity index (χ3n) is 3.51. The Balaban J connectivity index is 2.09. The van der Waals surface area contributed by atoms with Crippen molar-refractivity contribution >= 4 is 17.2 Å². The van der Waals surface area contributed by atoms with Crippen LogP contribution >= 0.6 is 11.3 Å². The van der Waals surface area contributed by atoms with Gasteiger partial charge in [-0.05, 0) is 32.2 Å². The van der Waals surface area contributed by atoms with Crippen molar-refractivity contribution in [3.63, 3.8) is 0 Å². The number of aromatic nitrogens is 1. The summed E-state index contributed by atoms with van der Waals surface area (Å²) in [5.41, 5.74) is 6.09. The number of rotatable bonds is 3. The van der Waals surface area contributed by atoms with Crippen LogP contribution in [0.5, 0.6) is 0 Å². The summed E-state index contributed by atoms with van der Waals surface area (Å²) in [6.07, 6.45) is 3.05. The lowest BCUT2D eigenvalue weighted by Crippen LogP contribution is -2.45. The molecule has 1 aromatic heterocycles. The third-order valence-corrected chi connectivity index (χ3v) is 4.42. The highest BCUT2D eigenvalue weighted by Gasteiger charge is 2.28. The molecule has 100 valence electrons. The highest BCUT2D eigenvalue weighted by Crippen LogP contribution is 2.23. The number of nitrogens with zero attached hydrogens (tertiary/aromatic N) is 2. The van der Waals surface area contributed by atoms with Crippen molar-refractivity contribution in [2.45, 2.75) is 39.2 Å². The van der Waals surface area contributed by atoms with Crippen molar-refractivity contribution in [1.29, 1.82) is 0 Å². The van der Waals surface area contributed by atoms with Gasteiger partial charge in [0, 0.05) is 24.4 Å². The van der Waals surface area contributed by atoms with E-state index >= 15 is 0 Å². The van der Waals surface area contributed by atoms with Crippen LogP contribution < -0.4 is 5.73 Å². The Morgan fingerprint density at radius 1 is 1.56 bits per heavy atom. The van der Waals surface area contributed by atoms with E-state index in [1.165, 1.54) is 17.8 Å². The maximum Gasteiger partial charge on any atom is 0.273 e. The number of hydrogen-bond donors (Lipinski definition) is 1. The summed E-state index contributed by atoms with van der Waals surface area (Å²) >= 11 is 1.53. The second kappa shape index (κ2) is 5.80. The average Bonchev–Trinajstić information content (AvgIpc) is 2.80. The largest absolute Gasteiger partial charge is 0.334 e. The van der Waals surface area contributed by atoms with Crippen LogP contribution in [0.4, 0.5) is 0 Å². The summed E-state index contributed by atoms with van der Waals surface area (Å²) in [6.45, 7) is 5.76. The first-order valence-electron chi connectivity index (χ1n) is 6.57. The molecule has 1 fully saturated rings. The van der Waals surface area contributed by atoms with Crippen molar-refractivity contribution in [2.24, 2.45) is 11.7 Å². The van der Waals surface area contributed by atoms with Crippen LogP contribution in [0.2, 0.25) is 0 Å². The molecule has 0 unspecified atom stereocenters. The zero-order valence-corrected chi connectivity index (χ0v) is 11.9. The Kier molecular flexibility index (Phi) is 4.35. The summed E-state index contributed by atoms with van der Waals surface area (Å²) in [5.74, 6) is 0.667. The molecule has 2 atom stereocenters. The first-order valence-corrected chi connectivity index (χ1v) is 7.45. The van der Waals surface area contributed by atoms with E-state index in [0.717, 1.165) is 24.4 Å². The predicted molar refractivity (Wildman–Crippen MR) is 73.8 cm³/mol. The molecule has 0 saturated carbocycles. The SMILES string of the molecule is C[C@H]1CC[C@H](C)N(C(=O)c2csc(CCN)n2)C1. The highest BCUT2D eigenvalue weighted by atomic mass is 32.1. The summed E-state index contributed by atoms with van der Waals surface area (Å²) in [4.78, 5) is 18.8. The molecule has 18 heavy (non-hydrogen) atoms. The molecule has 1 aliphatic heterocycles. The van der Waals surface area contributed by atoms with Crippen LogP contribution in [0.1, 0.15) is 42.2 Å². The van der Waals surface area contributed by atoms with E-state index in [1.54, 1.807) is 0 Å². The van der Waals surface area contributed by atoms with Crippen LogP contribution in [0.3, 0.4) is 0 Å². The highest BCUT2D eigenvalue weighted by molar-refractivity contribution is 7.09. The number of carbonyl (C=O) groups is 1. The number of thiazole rings is 1. The maximum absolute atomic E-state index is 12.4. The first kappa shape index (κ1) is 13.5. The van der Waals surface area contributed by atoms with Gasteiger partial charge in [0.15, 0.2) is 0 Å². The lowest BCUT2D eigenvalue weighted by molar-refractivity contribution is 0.0568. The molecule has 1 saturated heterocycles. The number of carbonyl (C=O) groups excluding carboxylic acids is 1. The molecule has 1 aliphatic rings. The standard InChI is InChI=1S/C13H21N3OS/c1-9-3-4-10(2)16(7-9)13(17)11-8-18-12(15-11)5-6-14/h8-10H,3-7,14H2,1-2H3/t9-,10-/m0/s1. The van der Waals surface area contributed by atoms with Gasteiger partial charge in [-0.15, -0.1) is 11.3 Å². The van der Waals surface area contributed by atoms with Gasteiger partial charge < -0.3 is 10.6 Å². The smallest absolute Gasteiger partial charge is 0.273 e. The number of likely N-dealkylation sites (tertiary alicyclic amines) is 1. The van der Waals surface area contributed by atoms with E-state index in [2.05, 4.69) is 18.8 Å². The van der Waals surface area contributed by atoms with Gasteiger partial charge in [-0.2, -0.15) is 0 Å². The molecule has 5 heteroatoms. The summed E-state index contributed by atoms with van der Waals surface area (Å²) in [6, 6.07) is 0.327. The van der Waals surface area contributed by atoms with Gasteiger partial charge in [0.25, 0.3) is 5.91 Å². The van der Waals surface area contributed by atoms with Crippen LogP contribution in [-0.2, 0) is 6.42 Å².